The molecule has 4 heteroatoms. The van der Waals surface area contributed by atoms with Gasteiger partial charge in [0.1, 0.15) is 6.04 Å². The molecule has 1 atom stereocenters. The van der Waals surface area contributed by atoms with Gasteiger partial charge in [-0.2, -0.15) is 0 Å². The highest BCUT2D eigenvalue weighted by molar-refractivity contribution is 5.76. The number of esters is 1. The van der Waals surface area contributed by atoms with E-state index in [1.54, 1.807) is 0 Å². The summed E-state index contributed by atoms with van der Waals surface area (Å²) in [6, 6.07) is -0.220. The molecule has 2 saturated carbocycles. The summed E-state index contributed by atoms with van der Waals surface area (Å²) >= 11 is 0. The van der Waals surface area contributed by atoms with Gasteiger partial charge in [-0.25, -0.2) is 0 Å². The Balaban J connectivity index is 1.85. The number of hydrogen-bond donors (Lipinski definition) is 2. The van der Waals surface area contributed by atoms with E-state index in [4.69, 9.17) is 4.74 Å². The Bertz CT molecular complexity index is 281. The van der Waals surface area contributed by atoms with Crippen molar-refractivity contribution in [2.24, 2.45) is 5.92 Å². The topological polar surface area (TPSA) is 58.6 Å². The maximum atomic E-state index is 11.7. The van der Waals surface area contributed by atoms with Gasteiger partial charge in [0.05, 0.1) is 12.7 Å². The first-order valence-electron chi connectivity index (χ1n) is 7.18. The molecule has 4 nitrogen and oxygen atoms in total. The van der Waals surface area contributed by atoms with Crippen LogP contribution in [-0.2, 0) is 9.53 Å². The monoisotopic (exact) mass is 255 g/mol. The molecule has 0 aliphatic heterocycles. The molecule has 0 aromatic rings. The van der Waals surface area contributed by atoms with Gasteiger partial charge in [0.25, 0.3) is 0 Å². The van der Waals surface area contributed by atoms with Crippen molar-refractivity contribution in [2.75, 3.05) is 13.7 Å². The van der Waals surface area contributed by atoms with Crippen LogP contribution in [-0.4, -0.2) is 36.4 Å². The summed E-state index contributed by atoms with van der Waals surface area (Å²) in [5, 5.41) is 13.8. The third-order valence-corrected chi connectivity index (χ3v) is 4.23. The van der Waals surface area contributed by atoms with E-state index < -0.39 is 5.60 Å². The number of rotatable bonds is 5. The fraction of sp³-hybridized carbons (Fsp3) is 0.929. The SMILES string of the molecule is COC(=O)C(NCC1(O)CCCCCC1)C1CC1. The van der Waals surface area contributed by atoms with Crippen LogP contribution >= 0.6 is 0 Å². The minimum atomic E-state index is -0.627. The van der Waals surface area contributed by atoms with Crippen LogP contribution in [0.5, 0.6) is 0 Å². The van der Waals surface area contributed by atoms with Crippen molar-refractivity contribution in [3.05, 3.63) is 0 Å². The summed E-state index contributed by atoms with van der Waals surface area (Å²) < 4.78 is 4.83. The van der Waals surface area contributed by atoms with E-state index in [-0.39, 0.29) is 12.0 Å². The molecule has 2 rings (SSSR count). The van der Waals surface area contributed by atoms with Crippen molar-refractivity contribution < 1.29 is 14.6 Å². The van der Waals surface area contributed by atoms with Gasteiger partial charge in [-0.3, -0.25) is 4.79 Å². The summed E-state index contributed by atoms with van der Waals surface area (Å²) in [6.07, 6.45) is 8.47. The Kier molecular flexibility index (Phi) is 4.62. The normalized spacial score (nSPS) is 25.2. The van der Waals surface area contributed by atoms with Crippen molar-refractivity contribution in [1.82, 2.24) is 5.32 Å². The second-order valence-electron chi connectivity index (χ2n) is 5.86. The smallest absolute Gasteiger partial charge is 0.323 e. The van der Waals surface area contributed by atoms with Gasteiger partial charge in [-0.1, -0.05) is 25.7 Å². The first-order valence-corrected chi connectivity index (χ1v) is 7.18. The molecule has 0 bridgehead atoms. The molecule has 0 amide bonds. The third-order valence-electron chi connectivity index (χ3n) is 4.23. The lowest BCUT2D eigenvalue weighted by Crippen LogP contribution is -2.48. The highest BCUT2D eigenvalue weighted by Gasteiger charge is 2.38. The summed E-state index contributed by atoms with van der Waals surface area (Å²) in [7, 11) is 1.43. The predicted molar refractivity (Wildman–Crippen MR) is 69.2 cm³/mol. The number of nitrogens with one attached hydrogen (secondary N) is 1. The minimum absolute atomic E-state index is 0.185. The van der Waals surface area contributed by atoms with Gasteiger partial charge in [0.2, 0.25) is 0 Å². The second kappa shape index (κ2) is 6.02. The Labute approximate surface area is 109 Å². The van der Waals surface area contributed by atoms with Crippen molar-refractivity contribution in [1.29, 1.82) is 0 Å². The third kappa shape index (κ3) is 3.69. The highest BCUT2D eigenvalue weighted by atomic mass is 16.5. The van der Waals surface area contributed by atoms with E-state index in [1.165, 1.54) is 20.0 Å². The molecule has 1 unspecified atom stereocenters. The van der Waals surface area contributed by atoms with Gasteiger partial charge in [0, 0.05) is 6.54 Å². The van der Waals surface area contributed by atoms with Crippen LogP contribution in [0.4, 0.5) is 0 Å². The van der Waals surface area contributed by atoms with Crippen LogP contribution in [0.25, 0.3) is 0 Å². The molecular formula is C14H25NO3. The number of carbonyl (C=O) groups is 1. The Morgan fingerprint density at radius 1 is 1.33 bits per heavy atom. The maximum absolute atomic E-state index is 11.7. The highest BCUT2D eigenvalue weighted by Crippen LogP contribution is 2.34. The Morgan fingerprint density at radius 3 is 2.44 bits per heavy atom. The van der Waals surface area contributed by atoms with Crippen LogP contribution in [0.1, 0.15) is 51.4 Å². The molecule has 0 aromatic carbocycles. The predicted octanol–water partition coefficient (Wildman–Crippen LogP) is 1.61. The van der Waals surface area contributed by atoms with Gasteiger partial charge < -0.3 is 15.2 Å². The number of aliphatic hydroxyl groups is 1. The Morgan fingerprint density at radius 2 is 1.94 bits per heavy atom. The zero-order valence-corrected chi connectivity index (χ0v) is 11.3. The summed E-state index contributed by atoms with van der Waals surface area (Å²) in [6.45, 7) is 0.517. The maximum Gasteiger partial charge on any atom is 0.323 e. The molecule has 2 aliphatic rings. The van der Waals surface area contributed by atoms with E-state index in [0.717, 1.165) is 38.5 Å². The van der Waals surface area contributed by atoms with Crippen LogP contribution in [0.2, 0.25) is 0 Å². The quantitative estimate of drug-likeness (QED) is 0.579. The number of hydrogen-bond acceptors (Lipinski definition) is 4. The molecule has 2 N–H and O–H groups in total. The molecule has 0 radical (unpaired) electrons. The van der Waals surface area contributed by atoms with Gasteiger partial charge in [-0.15, -0.1) is 0 Å². The fourth-order valence-corrected chi connectivity index (χ4v) is 2.86. The van der Waals surface area contributed by atoms with E-state index in [1.807, 2.05) is 0 Å². The van der Waals surface area contributed by atoms with E-state index in [2.05, 4.69) is 5.32 Å². The zero-order chi connectivity index (χ0) is 13.0. The first-order chi connectivity index (χ1) is 8.64. The second-order valence-corrected chi connectivity index (χ2v) is 5.86. The summed E-state index contributed by atoms with van der Waals surface area (Å²) in [5.41, 5.74) is -0.627. The molecule has 18 heavy (non-hydrogen) atoms. The van der Waals surface area contributed by atoms with E-state index in [9.17, 15) is 9.90 Å². The fourth-order valence-electron chi connectivity index (χ4n) is 2.86. The van der Waals surface area contributed by atoms with Gasteiger partial charge >= 0.3 is 5.97 Å². The molecule has 0 spiro atoms. The lowest BCUT2D eigenvalue weighted by Gasteiger charge is -2.29. The minimum Gasteiger partial charge on any atom is -0.468 e. The molecule has 104 valence electrons. The number of methoxy groups -OCH3 is 1. The molecular weight excluding hydrogens is 230 g/mol. The van der Waals surface area contributed by atoms with Crippen molar-refractivity contribution in [2.45, 2.75) is 63.0 Å². The van der Waals surface area contributed by atoms with Crippen LogP contribution in [0.15, 0.2) is 0 Å². The summed E-state index contributed by atoms with van der Waals surface area (Å²) in [4.78, 5) is 11.7. The van der Waals surface area contributed by atoms with Crippen molar-refractivity contribution in [3.8, 4) is 0 Å². The first kappa shape index (κ1) is 13.8. The van der Waals surface area contributed by atoms with Crippen LogP contribution in [0, 0.1) is 5.92 Å². The lowest BCUT2D eigenvalue weighted by molar-refractivity contribution is -0.144. The standard InChI is InChI=1S/C14H25NO3/c1-18-13(16)12(11-6-7-11)15-10-14(17)8-4-2-3-5-9-14/h11-12,15,17H,2-10H2,1H3. The largest absolute Gasteiger partial charge is 0.468 e. The van der Waals surface area contributed by atoms with Crippen LogP contribution in [0.3, 0.4) is 0 Å². The summed E-state index contributed by atoms with van der Waals surface area (Å²) in [5.74, 6) is 0.224. The lowest BCUT2D eigenvalue weighted by atomic mass is 9.94. The van der Waals surface area contributed by atoms with E-state index in [0.29, 0.717) is 12.5 Å². The average Bonchev–Trinajstić information content (AvgIpc) is 3.18. The number of ether oxygens (including phenoxy) is 1. The molecule has 0 saturated heterocycles. The van der Waals surface area contributed by atoms with Crippen LogP contribution < -0.4 is 5.32 Å². The van der Waals surface area contributed by atoms with Gasteiger partial charge in [0.15, 0.2) is 0 Å². The zero-order valence-electron chi connectivity index (χ0n) is 11.3. The molecule has 2 aliphatic carbocycles. The molecule has 0 heterocycles. The Hall–Kier alpha value is -0.610. The molecule has 0 aromatic heterocycles. The van der Waals surface area contributed by atoms with E-state index >= 15 is 0 Å². The molecule has 2 fully saturated rings. The van der Waals surface area contributed by atoms with Gasteiger partial charge in [-0.05, 0) is 31.6 Å². The average molecular weight is 255 g/mol. The van der Waals surface area contributed by atoms with Crippen molar-refractivity contribution in [3.63, 3.8) is 0 Å². The van der Waals surface area contributed by atoms with Crippen molar-refractivity contribution >= 4 is 5.97 Å². The number of carbonyl (C=O) groups excluding carboxylic acids is 1.